The topological polar surface area (TPSA) is 223 Å². The van der Waals surface area contributed by atoms with Gasteiger partial charge in [0.1, 0.15) is 24.4 Å². The molecule has 21 nitrogen and oxygen atoms in total. The van der Waals surface area contributed by atoms with Crippen LogP contribution in [0.2, 0.25) is 44.3 Å². The van der Waals surface area contributed by atoms with Gasteiger partial charge in [0, 0.05) is 34.1 Å². The van der Waals surface area contributed by atoms with E-state index in [9.17, 15) is 4.79 Å². The first-order chi connectivity index (χ1) is 37.5. The maximum atomic E-state index is 17.4. The predicted octanol–water partition coefficient (Wildman–Crippen LogP) is 11.1. The summed E-state index contributed by atoms with van der Waals surface area (Å²) >= 11 is 0. The number of rotatable bonds is 14. The Morgan fingerprint density at radius 3 is 1.26 bits per heavy atom. The molecule has 8 rings (SSSR count). The zero-order chi connectivity index (χ0) is 60.6. The van der Waals surface area contributed by atoms with E-state index in [0.29, 0.717) is 34.0 Å². The fourth-order valence-corrected chi connectivity index (χ4v) is 35.0. The van der Waals surface area contributed by atoms with Crippen LogP contribution in [0.15, 0.2) is 12.7 Å². The van der Waals surface area contributed by atoms with Crippen LogP contribution in [0.5, 0.6) is 0 Å². The average molecular weight is 1210 g/mol. The number of nitrogens with one attached hydrogen (secondary N) is 1. The first-order valence-corrected chi connectivity index (χ1v) is 37.0. The molecule has 0 saturated carbocycles. The number of hydrogen-bond donors (Lipinski definition) is 2. The number of aromatic nitrogens is 8. The number of anilines is 4. The van der Waals surface area contributed by atoms with Gasteiger partial charge < -0.3 is 50.9 Å². The van der Waals surface area contributed by atoms with E-state index in [0.717, 1.165) is 0 Å². The second-order valence-corrected chi connectivity index (χ2v) is 43.9. The first-order valence-electron chi connectivity index (χ1n) is 29.1. The number of imidazole rings is 2. The molecule has 4 fully saturated rings. The van der Waals surface area contributed by atoms with Crippen molar-refractivity contribution < 1.29 is 49.0 Å². The number of fused-ring (bicyclic) bond motifs is 4. The Morgan fingerprint density at radius 2 is 0.926 bits per heavy atom. The minimum atomic E-state index is -3.07. The van der Waals surface area contributed by atoms with Gasteiger partial charge in [-0.05, 0) is 58.2 Å². The molecule has 4 aromatic rings. The number of hydrogen-bond acceptors (Lipinski definition) is 18. The fraction of sp³-hybridized carbons (Fsp3) is 0.796. The lowest BCUT2D eigenvalue weighted by Gasteiger charge is -2.51. The quantitative estimate of drug-likeness (QED) is 0.112. The van der Waals surface area contributed by atoms with E-state index in [4.69, 9.17) is 41.1 Å². The molecule has 8 atom stereocenters. The molecule has 0 unspecified atom stereocenters. The summed E-state index contributed by atoms with van der Waals surface area (Å²) in [5.74, 6) is 0.753. The summed E-state index contributed by atoms with van der Waals surface area (Å²) in [4.78, 5) is 43.1. The molecular weight excluding hydrogens is 1110 g/mol. The van der Waals surface area contributed by atoms with Gasteiger partial charge in [-0.1, -0.05) is 125 Å². The van der Waals surface area contributed by atoms with Crippen molar-refractivity contribution in [3.63, 3.8) is 0 Å². The lowest BCUT2D eigenvalue weighted by Crippen LogP contribution is -2.66. The summed E-state index contributed by atoms with van der Waals surface area (Å²) in [6, 6.07) is 0. The van der Waals surface area contributed by atoms with E-state index in [2.05, 4.69) is 146 Å². The standard InChI is InChI=1S/C29H51FN6O5Si2.C25H45FN6O4Si2/c1-16(2)26(37)34-28-32-24(35(12)13)22-25(33-28)36(15-31-22)27-29(11,30)23-21(39-27)14-38-42(17(3)4,18(5)6)41-43(40-23,19(7)8)20(9)10;1-14(2)37(15(3)4)33-12-18-20(35-38(36-37,16(5)6)17(7)8)25(9,26)23(34-18)32-13-28-19-21(31(10)11)29-24(27)30-22(19)32/h15-21,23,27H,14H2,1-13H3,(H,32,33,34,37);13-18,20,23H,12H2,1-11H3,(H2,27,29,30)/t21-,23-,27-,29-;18-,20-,23-,25-/m11/s1. The number of carbonyl (C=O) groups excluding carboxylic acids is 1. The Kier molecular flexibility index (Phi) is 19.0. The Hall–Kier alpha value is -3.62. The van der Waals surface area contributed by atoms with Crippen molar-refractivity contribution in [3.05, 3.63) is 12.7 Å². The molecular formula is C54H96F2N12O9Si4. The molecule has 0 aliphatic carbocycles. The van der Waals surface area contributed by atoms with E-state index >= 15 is 8.78 Å². The molecule has 4 aliphatic rings. The number of alkyl halides is 2. The van der Waals surface area contributed by atoms with Gasteiger partial charge in [0.2, 0.25) is 17.8 Å². The van der Waals surface area contributed by atoms with Crippen LogP contribution in [0.25, 0.3) is 22.3 Å². The Bertz CT molecular complexity index is 2820. The highest BCUT2D eigenvalue weighted by Gasteiger charge is 2.67. The number of nitrogens with zero attached hydrogens (tertiary/aromatic N) is 10. The van der Waals surface area contributed by atoms with Crippen LogP contribution in [0.1, 0.15) is 151 Å². The van der Waals surface area contributed by atoms with Crippen LogP contribution in [0, 0.1) is 5.92 Å². The van der Waals surface area contributed by atoms with Crippen molar-refractivity contribution in [1.82, 2.24) is 39.0 Å². The number of carbonyl (C=O) groups is 1. The van der Waals surface area contributed by atoms with Gasteiger partial charge in [-0.2, -0.15) is 19.9 Å². The van der Waals surface area contributed by atoms with Crippen molar-refractivity contribution in [3.8, 4) is 0 Å². The van der Waals surface area contributed by atoms with Crippen molar-refractivity contribution in [1.29, 1.82) is 0 Å². The maximum absolute atomic E-state index is 17.4. The summed E-state index contributed by atoms with van der Waals surface area (Å²) in [6.07, 6.45) is -2.23. The molecule has 8 heterocycles. The average Bonchev–Trinajstić information content (AvgIpc) is 4.32. The molecule has 27 heteroatoms. The third-order valence-electron chi connectivity index (χ3n) is 16.9. The molecule has 4 aliphatic heterocycles. The summed E-state index contributed by atoms with van der Waals surface area (Å²) in [5, 5.41) is 2.77. The number of halogens is 2. The summed E-state index contributed by atoms with van der Waals surface area (Å²) in [6.45, 7) is 41.2. The number of nitrogens with two attached hydrogens (primary N) is 1. The van der Waals surface area contributed by atoms with Crippen molar-refractivity contribution in [2.75, 3.05) is 62.3 Å². The van der Waals surface area contributed by atoms with Gasteiger partial charge in [0.15, 0.2) is 57.8 Å². The molecule has 456 valence electrons. The highest BCUT2D eigenvalue weighted by atomic mass is 28.5. The predicted molar refractivity (Wildman–Crippen MR) is 322 cm³/mol. The monoisotopic (exact) mass is 1210 g/mol. The molecule has 1 amide bonds. The zero-order valence-electron chi connectivity index (χ0n) is 52.7. The highest BCUT2D eigenvalue weighted by Crippen LogP contribution is 2.54. The highest BCUT2D eigenvalue weighted by molar-refractivity contribution is 6.84. The Labute approximate surface area is 483 Å². The van der Waals surface area contributed by atoms with Crippen LogP contribution in [0.3, 0.4) is 0 Å². The van der Waals surface area contributed by atoms with Gasteiger partial charge in [0.25, 0.3) is 0 Å². The third-order valence-corrected chi connectivity index (χ3v) is 37.4. The second kappa shape index (κ2) is 23.7. The van der Waals surface area contributed by atoms with Gasteiger partial charge in [-0.25, -0.2) is 18.7 Å². The van der Waals surface area contributed by atoms with Crippen molar-refractivity contribution in [2.24, 2.45) is 5.92 Å². The van der Waals surface area contributed by atoms with Gasteiger partial charge in [0.05, 0.1) is 25.9 Å². The second-order valence-electron chi connectivity index (χ2n) is 26.2. The summed E-state index contributed by atoms with van der Waals surface area (Å²) in [7, 11) is -4.34. The molecule has 81 heavy (non-hydrogen) atoms. The molecule has 0 spiro atoms. The molecule has 4 aromatic heterocycles. The van der Waals surface area contributed by atoms with E-state index in [1.54, 1.807) is 39.1 Å². The lowest BCUT2D eigenvalue weighted by atomic mass is 9.98. The van der Waals surface area contributed by atoms with E-state index < -0.39 is 82.5 Å². The lowest BCUT2D eigenvalue weighted by molar-refractivity contribution is -0.118. The van der Waals surface area contributed by atoms with Crippen molar-refractivity contribution >= 4 is 86.0 Å². The zero-order valence-corrected chi connectivity index (χ0v) is 56.7. The van der Waals surface area contributed by atoms with E-state index in [-0.39, 0.29) is 81.3 Å². The van der Waals surface area contributed by atoms with Gasteiger partial charge >= 0.3 is 34.2 Å². The smallest absolute Gasteiger partial charge is 0.335 e. The number of ether oxygens (including phenoxy) is 2. The molecule has 4 saturated heterocycles. The van der Waals surface area contributed by atoms with Crippen LogP contribution in [0.4, 0.5) is 32.3 Å². The Morgan fingerprint density at radius 1 is 0.580 bits per heavy atom. The van der Waals surface area contributed by atoms with E-state index in [1.807, 2.05) is 28.2 Å². The molecule has 0 bridgehead atoms. The summed E-state index contributed by atoms with van der Waals surface area (Å²) in [5.41, 5.74) is 4.78. The van der Waals surface area contributed by atoms with Crippen LogP contribution >= 0.6 is 0 Å². The minimum absolute atomic E-state index is 0.0469. The number of amides is 1. The maximum Gasteiger partial charge on any atom is 0.335 e. The number of nitrogen functional groups attached to an aromatic ring is 1. The minimum Gasteiger partial charge on any atom is -0.414 e. The Balaban J connectivity index is 0.000000235. The summed E-state index contributed by atoms with van der Waals surface area (Å²) < 4.78 is 92.8. The normalized spacial score (nSPS) is 28.2. The van der Waals surface area contributed by atoms with Crippen LogP contribution in [-0.2, 0) is 40.2 Å². The largest absolute Gasteiger partial charge is 0.414 e. The van der Waals surface area contributed by atoms with Crippen molar-refractivity contribution in [2.45, 2.75) is 231 Å². The van der Waals surface area contributed by atoms with Gasteiger partial charge in [-0.15, -0.1) is 0 Å². The van der Waals surface area contributed by atoms with Crippen LogP contribution in [-0.4, -0.2) is 156 Å². The molecule has 3 N–H and O–H groups in total. The van der Waals surface area contributed by atoms with Crippen LogP contribution < -0.4 is 20.9 Å². The molecule has 0 radical (unpaired) electrons. The third kappa shape index (κ3) is 11.4. The fourth-order valence-electron chi connectivity index (χ4n) is 12.4. The SMILES string of the molecule is CC(C)C(=O)Nc1nc(N(C)C)c2ncn([C@@H]3O[C@@H]4CO[Si](C(C)C)(C(C)C)O[Si](C(C)C)(C(C)C)O[C@H]4[C@@]3(C)F)c2n1.CC(C)[Si]1(C(C)C)OC[C@H]2O[C@@H](n3cnc4c(N(C)C)nc(N)nc43)[C@](C)(F)[C@@H]2O[Si](C(C)C)(C(C)C)O1. The first kappa shape index (κ1) is 64.9. The van der Waals surface area contributed by atoms with Gasteiger partial charge in [-0.3, -0.25) is 19.2 Å². The molecule has 0 aromatic carbocycles. The van der Waals surface area contributed by atoms with E-state index in [1.165, 1.54) is 20.2 Å².